The fourth-order valence-corrected chi connectivity index (χ4v) is 14.9. The summed E-state index contributed by atoms with van der Waals surface area (Å²) in [6.07, 6.45) is 63.8. The van der Waals surface area contributed by atoms with Gasteiger partial charge in [-0.15, -0.1) is 0 Å². The molecule has 0 spiro atoms. The van der Waals surface area contributed by atoms with Crippen LogP contribution in [0.25, 0.3) is 0 Å². The molecule has 0 aliphatic carbocycles. The lowest BCUT2D eigenvalue weighted by atomic mass is 9.96. The van der Waals surface area contributed by atoms with Gasteiger partial charge in [-0.2, -0.15) is 0 Å². The van der Waals surface area contributed by atoms with Crippen LogP contribution < -0.4 is 5.32 Å². The molecule has 3 aliphatic heterocycles. The molecule has 0 saturated carbocycles. The van der Waals surface area contributed by atoms with E-state index in [1.54, 1.807) is 6.08 Å². The van der Waals surface area contributed by atoms with E-state index in [1.807, 2.05) is 6.08 Å². The van der Waals surface area contributed by atoms with Gasteiger partial charge >= 0.3 is 0 Å². The highest BCUT2D eigenvalue weighted by atomic mass is 16.8. The van der Waals surface area contributed by atoms with Crippen LogP contribution in [-0.4, -0.2) is 193 Å². The summed E-state index contributed by atoms with van der Waals surface area (Å²) in [5.74, 6) is -0.284. The van der Waals surface area contributed by atoms with Gasteiger partial charge in [0.25, 0.3) is 0 Å². The van der Waals surface area contributed by atoms with Crippen LogP contribution in [0.1, 0.15) is 367 Å². The van der Waals surface area contributed by atoms with Gasteiger partial charge in [-0.25, -0.2) is 0 Å². The monoisotopic (exact) mass is 1530 g/mol. The Kier molecular flexibility index (Phi) is 63.6. The first-order valence-electron chi connectivity index (χ1n) is 44.5. The maximum absolute atomic E-state index is 13.5. The Bertz CT molecular complexity index is 2180. The van der Waals surface area contributed by atoms with Gasteiger partial charge in [0.2, 0.25) is 5.91 Å². The number of carbonyl (C=O) groups excluding carboxylic acids is 1. The minimum Gasteiger partial charge on any atom is -0.394 e. The van der Waals surface area contributed by atoms with Crippen LogP contribution >= 0.6 is 0 Å². The molecule has 0 aromatic rings. The van der Waals surface area contributed by atoms with Crippen molar-refractivity contribution in [3.8, 4) is 0 Å². The van der Waals surface area contributed by atoms with E-state index in [9.17, 15) is 61.0 Å². The lowest BCUT2D eigenvalue weighted by Gasteiger charge is -2.48. The Morgan fingerprint density at radius 2 is 0.620 bits per heavy atom. The third kappa shape index (κ3) is 47.4. The van der Waals surface area contributed by atoms with Gasteiger partial charge in [0, 0.05) is 6.42 Å². The topological polar surface area (TPSA) is 307 Å². The van der Waals surface area contributed by atoms with Crippen LogP contribution in [0.4, 0.5) is 0 Å². The van der Waals surface area contributed by atoms with E-state index in [4.69, 9.17) is 28.4 Å². The maximum Gasteiger partial charge on any atom is 0.220 e. The van der Waals surface area contributed by atoms with Gasteiger partial charge < -0.3 is 89.9 Å². The van der Waals surface area contributed by atoms with E-state index in [2.05, 4.69) is 67.8 Å². The summed E-state index contributed by atoms with van der Waals surface area (Å²) in [6, 6.07) is -0.999. The summed E-state index contributed by atoms with van der Waals surface area (Å²) in [6.45, 7) is 1.76. The Morgan fingerprint density at radius 3 is 0.981 bits per heavy atom. The molecule has 19 nitrogen and oxygen atoms in total. The second kappa shape index (κ2) is 68.9. The number of unbranched alkanes of at least 4 members (excludes halogenated alkanes) is 48. The molecule has 0 bridgehead atoms. The molecule has 108 heavy (non-hydrogen) atoms. The van der Waals surface area contributed by atoms with Crippen molar-refractivity contribution in [2.45, 2.75) is 471 Å². The van der Waals surface area contributed by atoms with Crippen LogP contribution in [0, 0.1) is 0 Å². The number of amides is 1. The third-order valence-corrected chi connectivity index (χ3v) is 22.0. The summed E-state index contributed by atoms with van der Waals surface area (Å²) in [5.41, 5.74) is 0. The summed E-state index contributed by atoms with van der Waals surface area (Å²) >= 11 is 0. The standard InChI is InChI=1S/C89H163NO18/c1-3-5-7-9-11-13-15-17-19-21-23-25-27-29-31-33-35-36-37-39-41-43-45-47-49-51-53-55-57-59-61-63-65-67-77(95)90-72(73(94)66-64-62-60-58-56-54-52-50-48-46-44-42-40-38-34-32-30-28-26-24-22-20-18-16-14-12-10-8-6-4-2)71-103-87-83(101)80(98)85(75(69-92)105-87)108-89-84(102)81(99)86(76(70-93)106-89)107-88-82(100)79(97)78(96)74(68-91)104-88/h15,17,21,23,48,50,56,58,64,66,72-76,78-89,91-94,96-102H,3-14,16,18-20,22,24-47,49,51-55,57,59-63,65,67-71H2,1-2H3,(H,90,95)/b17-15-,23-21-,50-48+,58-56+,66-64+. The molecule has 17 unspecified atom stereocenters. The van der Waals surface area contributed by atoms with Gasteiger partial charge in [0.05, 0.1) is 38.6 Å². The number of nitrogens with one attached hydrogen (secondary N) is 1. The third-order valence-electron chi connectivity index (χ3n) is 22.0. The lowest BCUT2D eigenvalue weighted by molar-refractivity contribution is -0.379. The summed E-state index contributed by atoms with van der Waals surface area (Å²) in [4.78, 5) is 13.5. The molecule has 1 amide bonds. The number of ether oxygens (including phenoxy) is 6. The molecule has 3 saturated heterocycles. The number of hydrogen-bond acceptors (Lipinski definition) is 18. The van der Waals surface area contributed by atoms with Gasteiger partial charge in [-0.05, 0) is 77.0 Å². The summed E-state index contributed by atoms with van der Waals surface area (Å²) < 4.78 is 34.5. The zero-order chi connectivity index (χ0) is 78.1. The number of carbonyl (C=O) groups is 1. The molecule has 632 valence electrons. The van der Waals surface area contributed by atoms with Crippen molar-refractivity contribution < 1.29 is 89.4 Å². The van der Waals surface area contributed by atoms with Gasteiger partial charge in [0.15, 0.2) is 18.9 Å². The second-order valence-corrected chi connectivity index (χ2v) is 31.7. The van der Waals surface area contributed by atoms with Crippen molar-refractivity contribution in [2.24, 2.45) is 0 Å². The number of aliphatic hydroxyl groups is 11. The Morgan fingerprint density at radius 1 is 0.333 bits per heavy atom. The molecule has 0 aromatic heterocycles. The highest BCUT2D eigenvalue weighted by molar-refractivity contribution is 5.76. The number of aliphatic hydroxyl groups excluding tert-OH is 11. The zero-order valence-corrected chi connectivity index (χ0v) is 68.1. The predicted octanol–water partition coefficient (Wildman–Crippen LogP) is 16.6. The number of allylic oxidation sites excluding steroid dienone is 9. The molecular weight excluding hydrogens is 1370 g/mol. The normalized spacial score (nSPS) is 25.7. The molecule has 12 N–H and O–H groups in total. The van der Waals surface area contributed by atoms with Gasteiger partial charge in [-0.3, -0.25) is 4.79 Å². The van der Waals surface area contributed by atoms with Crippen molar-refractivity contribution in [1.82, 2.24) is 5.32 Å². The van der Waals surface area contributed by atoms with Crippen molar-refractivity contribution in [2.75, 3.05) is 26.4 Å². The van der Waals surface area contributed by atoms with Gasteiger partial charge in [0.1, 0.15) is 73.2 Å². The molecule has 3 fully saturated rings. The maximum atomic E-state index is 13.5. The first kappa shape index (κ1) is 99.7. The summed E-state index contributed by atoms with van der Waals surface area (Å²) in [7, 11) is 0. The first-order valence-corrected chi connectivity index (χ1v) is 44.5. The molecule has 19 heteroatoms. The zero-order valence-electron chi connectivity index (χ0n) is 68.1. The number of rotatable bonds is 72. The second-order valence-electron chi connectivity index (χ2n) is 31.7. The minimum atomic E-state index is -1.98. The molecule has 17 atom stereocenters. The van der Waals surface area contributed by atoms with Crippen LogP contribution in [0.2, 0.25) is 0 Å². The smallest absolute Gasteiger partial charge is 0.220 e. The van der Waals surface area contributed by atoms with Crippen molar-refractivity contribution >= 4 is 5.91 Å². The van der Waals surface area contributed by atoms with E-state index in [0.717, 1.165) is 51.4 Å². The van der Waals surface area contributed by atoms with E-state index in [1.165, 1.54) is 283 Å². The van der Waals surface area contributed by atoms with Crippen LogP contribution in [0.3, 0.4) is 0 Å². The quantitative estimate of drug-likeness (QED) is 0.0199. The van der Waals surface area contributed by atoms with Crippen LogP contribution in [0.15, 0.2) is 60.8 Å². The molecule has 3 aliphatic rings. The van der Waals surface area contributed by atoms with Gasteiger partial charge in [-0.1, -0.05) is 344 Å². The molecule has 3 rings (SSSR count). The Balaban J connectivity index is 1.35. The average Bonchev–Trinajstić information content (AvgIpc) is 0.779. The Hall–Kier alpha value is -2.51. The van der Waals surface area contributed by atoms with E-state index in [0.29, 0.717) is 12.8 Å². The minimum absolute atomic E-state index is 0.234. The summed E-state index contributed by atoms with van der Waals surface area (Å²) in [5, 5.41) is 121. The predicted molar refractivity (Wildman–Crippen MR) is 434 cm³/mol. The molecule has 3 heterocycles. The number of hydrogen-bond donors (Lipinski definition) is 12. The van der Waals surface area contributed by atoms with Crippen molar-refractivity contribution in [1.29, 1.82) is 0 Å². The highest BCUT2D eigenvalue weighted by Gasteiger charge is 2.54. The van der Waals surface area contributed by atoms with Crippen LogP contribution in [0.5, 0.6) is 0 Å². The SMILES string of the molecule is CCCCCCC/C=C\C/C=C\CCCCCCCCCCCCCCCCCCCCCCCC(=O)NC(COC1OC(CO)C(OC2OC(CO)C(OC3OC(CO)C(O)C(O)C3O)C(O)C2O)C(O)C1O)C(O)/C=C/CC/C=C/CC/C=C/CCCCCCCCCCCCCCCCCCCCCC. The fourth-order valence-electron chi connectivity index (χ4n) is 14.9. The largest absolute Gasteiger partial charge is 0.394 e. The van der Waals surface area contributed by atoms with E-state index < -0.39 is 124 Å². The first-order chi connectivity index (χ1) is 52.8. The molecular formula is C89H163NO18. The molecule has 0 aromatic carbocycles. The Labute approximate surface area is 656 Å². The van der Waals surface area contributed by atoms with E-state index in [-0.39, 0.29) is 18.9 Å². The van der Waals surface area contributed by atoms with Crippen LogP contribution in [-0.2, 0) is 33.2 Å². The van der Waals surface area contributed by atoms with Crippen molar-refractivity contribution in [3.63, 3.8) is 0 Å². The van der Waals surface area contributed by atoms with E-state index >= 15 is 0 Å². The molecule has 0 radical (unpaired) electrons. The lowest BCUT2D eigenvalue weighted by Crippen LogP contribution is -2.66. The average molecular weight is 1540 g/mol. The fraction of sp³-hybridized carbons (Fsp3) is 0.876. The van der Waals surface area contributed by atoms with Crippen molar-refractivity contribution in [3.05, 3.63) is 60.8 Å². The highest BCUT2D eigenvalue weighted by Crippen LogP contribution is 2.33.